The van der Waals surface area contributed by atoms with Crippen molar-refractivity contribution >= 4 is 61.7 Å². The normalized spacial score (nSPS) is 18.0. The van der Waals surface area contributed by atoms with E-state index in [9.17, 15) is 19.2 Å². The molecule has 0 aromatic heterocycles. The third-order valence-corrected chi connectivity index (χ3v) is 16.3. The zero-order valence-electron chi connectivity index (χ0n) is 43.5. The Kier molecular flexibility index (Phi) is 20.2. The number of benzene rings is 4. The number of carbonyl (C=O) groups excluding carboxylic acids is 4. The van der Waals surface area contributed by atoms with E-state index in [1.807, 2.05) is 36.4 Å². The zero-order chi connectivity index (χ0) is 49.1. The van der Waals surface area contributed by atoms with Gasteiger partial charge in [-0.1, -0.05) is 157 Å². The van der Waals surface area contributed by atoms with E-state index in [1.165, 1.54) is 74.0 Å². The number of halogens is 1. The molecule has 11 heteroatoms. The molecular formula is C60H77BrFe2N2O6. The molecule has 4 aromatic rings. The molecule has 10 rings (SSSR count). The van der Waals surface area contributed by atoms with Crippen LogP contribution >= 0.6 is 15.9 Å². The number of carbonyl (C=O) groups is 4. The maximum atomic E-state index is 15.0. The second kappa shape index (κ2) is 25.2. The van der Waals surface area contributed by atoms with Gasteiger partial charge >= 0.3 is 0 Å². The van der Waals surface area contributed by atoms with E-state index in [-0.39, 0.29) is 104 Å². The van der Waals surface area contributed by atoms with E-state index in [1.54, 1.807) is 18.2 Å². The van der Waals surface area contributed by atoms with Crippen LogP contribution < -0.4 is 19.3 Å². The van der Waals surface area contributed by atoms with E-state index in [2.05, 4.69) is 71.3 Å². The fourth-order valence-electron chi connectivity index (χ4n) is 12.3. The summed E-state index contributed by atoms with van der Waals surface area (Å²) in [7, 11) is 0. The topological polar surface area (TPSA) is 93.2 Å². The van der Waals surface area contributed by atoms with Gasteiger partial charge in [0.2, 0.25) is 0 Å². The maximum Gasteiger partial charge on any atom is 0.267 e. The predicted octanol–water partition coefficient (Wildman–Crippen LogP) is 16.5. The van der Waals surface area contributed by atoms with E-state index in [4.69, 9.17) is 9.47 Å². The van der Waals surface area contributed by atoms with Gasteiger partial charge < -0.3 is 9.47 Å². The first-order chi connectivity index (χ1) is 33.2. The number of hydrogen-bond donors (Lipinski definition) is 0. The van der Waals surface area contributed by atoms with Gasteiger partial charge in [0.1, 0.15) is 23.7 Å². The molecule has 4 aromatic carbocycles. The Morgan fingerprint density at radius 2 is 0.775 bits per heavy atom. The molecule has 4 saturated carbocycles. The summed E-state index contributed by atoms with van der Waals surface area (Å²) in [4.78, 5) is 62.3. The molecule has 0 N–H and O–H groups in total. The Balaban J connectivity index is 0.000000614. The van der Waals surface area contributed by atoms with Crippen LogP contribution in [0.4, 0.5) is 11.4 Å². The molecule has 4 fully saturated rings. The number of rotatable bonds is 12. The predicted molar refractivity (Wildman–Crippen MR) is 284 cm³/mol. The average molecular weight is 1110 g/mol. The average Bonchev–Trinajstić information content (AvgIpc) is 4.18. The van der Waals surface area contributed by atoms with Crippen molar-refractivity contribution in [2.75, 3.05) is 9.80 Å². The van der Waals surface area contributed by atoms with Crippen molar-refractivity contribution in [2.45, 2.75) is 195 Å². The zero-order valence-corrected chi connectivity index (χ0v) is 47.3. The van der Waals surface area contributed by atoms with Crippen LogP contribution in [-0.2, 0) is 34.1 Å². The summed E-state index contributed by atoms with van der Waals surface area (Å²) in [6, 6.07) is 16.7. The fraction of sp³-hybridized carbons (Fsp3) is 0.567. The van der Waals surface area contributed by atoms with Crippen LogP contribution in [0.5, 0.6) is 11.5 Å². The first kappa shape index (κ1) is 56.8. The van der Waals surface area contributed by atoms with Gasteiger partial charge in [0, 0.05) is 72.6 Å². The van der Waals surface area contributed by atoms with Crippen LogP contribution in [-0.4, -0.2) is 35.8 Å². The molecule has 2 heterocycles. The summed E-state index contributed by atoms with van der Waals surface area (Å²) in [5.74, 6) is 0.675. The van der Waals surface area contributed by atoms with Crippen molar-refractivity contribution < 1.29 is 62.8 Å². The molecule has 0 spiro atoms. The Morgan fingerprint density at radius 3 is 1.14 bits per heavy atom. The van der Waals surface area contributed by atoms with Gasteiger partial charge in [-0.25, -0.2) is 9.80 Å². The minimum Gasteiger partial charge on any atom is -0.490 e. The molecule has 71 heavy (non-hydrogen) atoms. The minimum absolute atomic E-state index is 0. The van der Waals surface area contributed by atoms with Crippen molar-refractivity contribution in [2.24, 2.45) is 23.7 Å². The molecule has 0 saturated heterocycles. The minimum atomic E-state index is -0.501. The van der Waals surface area contributed by atoms with Gasteiger partial charge in [-0.15, -0.1) is 0 Å². The monoisotopic (exact) mass is 1110 g/mol. The fourth-order valence-corrected chi connectivity index (χ4v) is 12.9. The molecule has 2 aliphatic heterocycles. The van der Waals surface area contributed by atoms with E-state index in [0.29, 0.717) is 38.1 Å². The van der Waals surface area contributed by atoms with Gasteiger partial charge in [-0.3, -0.25) is 19.2 Å². The summed E-state index contributed by atoms with van der Waals surface area (Å²) < 4.78 is 13.5. The Bertz CT molecular complexity index is 2490. The van der Waals surface area contributed by atoms with E-state index >= 15 is 0 Å². The molecule has 386 valence electrons. The second-order valence-corrected chi connectivity index (χ2v) is 23.0. The third kappa shape index (κ3) is 12.1. The van der Waals surface area contributed by atoms with Gasteiger partial charge in [0.05, 0.1) is 22.5 Å². The number of amides is 4. The second-order valence-electron chi connectivity index (χ2n) is 22.2. The first-order valence-corrected chi connectivity index (χ1v) is 27.6. The summed E-state index contributed by atoms with van der Waals surface area (Å²) in [6.45, 7) is 17.1. The Hall–Kier alpha value is -3.46. The van der Waals surface area contributed by atoms with Gasteiger partial charge in [-0.2, -0.15) is 0 Å². The number of ether oxygens (including phenoxy) is 2. The largest absolute Gasteiger partial charge is 0.490 e. The number of nitrogens with zero attached hydrogens (tertiary/aromatic N) is 2. The Labute approximate surface area is 454 Å². The molecule has 8 nitrogen and oxygen atoms in total. The molecule has 0 radical (unpaired) electrons. The van der Waals surface area contributed by atoms with Crippen molar-refractivity contribution in [3.8, 4) is 11.5 Å². The van der Waals surface area contributed by atoms with E-state index in [0.717, 1.165) is 62.5 Å². The van der Waals surface area contributed by atoms with Gasteiger partial charge in [0.15, 0.2) is 0 Å². The standard InChI is InChI=1S/C50H57BrN2O6.2C5H10.2Fe/c1-26(2)45(27(3)4)58-32-17-19-34(30-13-9-10-14-30)40(23-32)52-47(54)36-21-22-37-43-42(36)38(49(52)56)25-39(51)44(43)50(57)53(48(37)55)41-24-33(59-46(28(5)6)29(7)8)18-20-35(41)31-15-11-12-16-31;2*1-2-4-5-3-1;;/h17-31,45-46H,9-16H2,1-8H3;2*1-5H2;;. The van der Waals surface area contributed by atoms with E-state index < -0.39 is 23.6 Å². The maximum absolute atomic E-state index is 15.0. The molecule has 6 aliphatic rings. The molecule has 0 bridgehead atoms. The Morgan fingerprint density at radius 1 is 0.437 bits per heavy atom. The van der Waals surface area contributed by atoms with Crippen LogP contribution in [0.3, 0.4) is 0 Å². The summed E-state index contributed by atoms with van der Waals surface area (Å²) >= 11 is 3.70. The SMILES string of the molecule is C1CCCC1.C1CCCC1.CC(C)C(Oc1ccc(C2CCCC2)c(N2C(=O)c3ccc4c5c(c(Br)cc(c35)C2=O)C(=O)N(c2cc(OC(C(C)C)C(C)C)ccc2C2CCCC2)C4=O)c1)C(C)C.[Fe].[Fe]. The third-order valence-electron chi connectivity index (χ3n) is 15.7. The summed E-state index contributed by atoms with van der Waals surface area (Å²) in [5.41, 5.74) is 4.04. The van der Waals surface area contributed by atoms with Crippen molar-refractivity contribution in [1.29, 1.82) is 0 Å². The molecular weight excluding hydrogens is 1040 g/mol. The van der Waals surface area contributed by atoms with Crippen LogP contribution in [0.15, 0.2) is 59.1 Å². The number of imide groups is 2. The first-order valence-electron chi connectivity index (χ1n) is 26.9. The number of anilines is 2. The smallest absolute Gasteiger partial charge is 0.267 e. The van der Waals surface area contributed by atoms with Gasteiger partial charge in [0.25, 0.3) is 23.6 Å². The van der Waals surface area contributed by atoms with Crippen molar-refractivity contribution in [3.05, 3.63) is 92.5 Å². The molecule has 0 unspecified atom stereocenters. The number of hydrogen-bond acceptors (Lipinski definition) is 6. The van der Waals surface area contributed by atoms with Crippen molar-refractivity contribution in [1.82, 2.24) is 0 Å². The molecule has 4 aliphatic carbocycles. The quantitative estimate of drug-likeness (QED) is 0.104. The summed E-state index contributed by atoms with van der Waals surface area (Å²) in [5, 5.41) is 0.673. The molecule has 0 atom stereocenters. The van der Waals surface area contributed by atoms with Crippen LogP contribution in [0.2, 0.25) is 0 Å². The van der Waals surface area contributed by atoms with Crippen LogP contribution in [0.1, 0.15) is 235 Å². The van der Waals surface area contributed by atoms with Crippen molar-refractivity contribution in [3.63, 3.8) is 0 Å². The van der Waals surface area contributed by atoms with Gasteiger partial charge in [-0.05, 0) is 119 Å². The molecule has 4 amide bonds. The summed E-state index contributed by atoms with van der Waals surface area (Å²) in [6.07, 6.45) is 23.1. The van der Waals surface area contributed by atoms with Crippen LogP contribution in [0.25, 0.3) is 10.8 Å². The van der Waals surface area contributed by atoms with Crippen LogP contribution in [0, 0.1) is 23.7 Å².